The Morgan fingerprint density at radius 3 is 2.37 bits per heavy atom. The summed E-state index contributed by atoms with van der Waals surface area (Å²) in [5.74, 6) is -0.326. The van der Waals surface area contributed by atoms with Gasteiger partial charge in [-0.15, -0.1) is 0 Å². The molecule has 1 atom stereocenters. The Morgan fingerprint density at radius 1 is 0.957 bits per heavy atom. The maximum Gasteiger partial charge on any atom is 0.244 e. The van der Waals surface area contributed by atoms with Gasteiger partial charge < -0.3 is 31.5 Å². The summed E-state index contributed by atoms with van der Waals surface area (Å²) in [6.07, 6.45) is 3.80. The molecule has 1 saturated heterocycles. The predicted molar refractivity (Wildman–Crippen MR) is 176 cm³/mol. The average molecular weight is 626 g/mol. The Morgan fingerprint density at radius 2 is 1.67 bits per heavy atom. The summed E-state index contributed by atoms with van der Waals surface area (Å²) in [4.78, 5) is 60.2. The van der Waals surface area contributed by atoms with E-state index < -0.39 is 5.41 Å². The molecule has 0 unspecified atom stereocenters. The molecule has 3 aromatic rings. The minimum Gasteiger partial charge on any atom is -0.342 e. The van der Waals surface area contributed by atoms with Crippen LogP contribution in [-0.4, -0.2) is 71.6 Å². The quantitative estimate of drug-likeness (QED) is 0.256. The van der Waals surface area contributed by atoms with E-state index in [-0.39, 0.29) is 49.2 Å². The molecule has 0 bridgehead atoms. The standard InChI is InChI=1S/C35H43N7O4/c1-35(12-15-41(16-13-35)32(44)20-36)34(46)42(22-26-8-4-3-7-25(26)21-37-2)23-31(43)39-29-11-10-24-17-28(18-27(24)19-29)33(45)40-30-9-5-6-14-38-30/h3-11,14,19,28,37H,12-13,15-18,20-23,36H2,1-2H3,(H,39,43)(H,38,40,45)/t28-/m1/s1. The number of anilines is 2. The van der Waals surface area contributed by atoms with Crippen molar-refractivity contribution in [1.29, 1.82) is 0 Å². The first kappa shape index (κ1) is 32.8. The van der Waals surface area contributed by atoms with Crippen molar-refractivity contribution >= 4 is 35.1 Å². The van der Waals surface area contributed by atoms with Crippen LogP contribution in [0, 0.1) is 11.3 Å². The molecule has 2 aromatic carbocycles. The fraction of sp³-hybridized carbons (Fsp3) is 0.400. The van der Waals surface area contributed by atoms with Crippen molar-refractivity contribution in [3.05, 3.63) is 89.1 Å². The van der Waals surface area contributed by atoms with Crippen molar-refractivity contribution in [2.75, 3.05) is 43.9 Å². The van der Waals surface area contributed by atoms with Gasteiger partial charge in [-0.2, -0.15) is 0 Å². The van der Waals surface area contributed by atoms with Gasteiger partial charge in [0.15, 0.2) is 0 Å². The van der Waals surface area contributed by atoms with Gasteiger partial charge in [0.05, 0.1) is 6.54 Å². The van der Waals surface area contributed by atoms with Gasteiger partial charge in [-0.1, -0.05) is 43.3 Å². The number of piperidine rings is 1. The van der Waals surface area contributed by atoms with E-state index in [1.807, 2.05) is 62.5 Å². The van der Waals surface area contributed by atoms with Crippen LogP contribution in [0.5, 0.6) is 0 Å². The Hall–Kier alpha value is -4.61. The highest BCUT2D eigenvalue weighted by atomic mass is 16.2. The lowest BCUT2D eigenvalue weighted by molar-refractivity contribution is -0.148. The molecule has 11 nitrogen and oxygen atoms in total. The molecule has 11 heteroatoms. The lowest BCUT2D eigenvalue weighted by atomic mass is 9.78. The normalized spacial score (nSPS) is 16.8. The summed E-state index contributed by atoms with van der Waals surface area (Å²) in [6.45, 7) is 3.55. The molecule has 1 aliphatic carbocycles. The van der Waals surface area contributed by atoms with Crippen LogP contribution in [0.3, 0.4) is 0 Å². The number of nitrogens with one attached hydrogen (secondary N) is 3. The van der Waals surface area contributed by atoms with Crippen molar-refractivity contribution in [1.82, 2.24) is 20.1 Å². The summed E-state index contributed by atoms with van der Waals surface area (Å²) in [5, 5.41) is 9.05. The van der Waals surface area contributed by atoms with E-state index in [9.17, 15) is 19.2 Å². The first-order chi connectivity index (χ1) is 22.2. The Bertz CT molecular complexity index is 1570. The van der Waals surface area contributed by atoms with Crippen LogP contribution in [0.25, 0.3) is 0 Å². The van der Waals surface area contributed by atoms with Crippen molar-refractivity contribution < 1.29 is 19.2 Å². The number of hydrogen-bond acceptors (Lipinski definition) is 7. The zero-order valence-corrected chi connectivity index (χ0v) is 26.6. The third-order valence-corrected chi connectivity index (χ3v) is 9.09. The maximum absolute atomic E-state index is 14.2. The molecule has 1 aliphatic heterocycles. The number of rotatable bonds is 11. The first-order valence-electron chi connectivity index (χ1n) is 15.8. The van der Waals surface area contributed by atoms with Crippen LogP contribution < -0.4 is 21.7 Å². The molecule has 2 aliphatic rings. The number of nitrogens with zero attached hydrogens (tertiary/aromatic N) is 3. The van der Waals surface area contributed by atoms with E-state index in [1.54, 1.807) is 28.1 Å². The van der Waals surface area contributed by atoms with Gasteiger partial charge >= 0.3 is 0 Å². The van der Waals surface area contributed by atoms with E-state index in [4.69, 9.17) is 5.73 Å². The van der Waals surface area contributed by atoms with E-state index in [1.165, 1.54) is 0 Å². The number of carbonyl (C=O) groups excluding carboxylic acids is 4. The molecular weight excluding hydrogens is 582 g/mol. The third kappa shape index (κ3) is 7.78. The lowest BCUT2D eigenvalue weighted by Crippen LogP contribution is -2.52. The van der Waals surface area contributed by atoms with E-state index in [0.717, 1.165) is 22.3 Å². The molecule has 1 aromatic heterocycles. The summed E-state index contributed by atoms with van der Waals surface area (Å²) < 4.78 is 0. The largest absolute Gasteiger partial charge is 0.342 e. The van der Waals surface area contributed by atoms with Crippen LogP contribution in [-0.2, 0) is 45.1 Å². The summed E-state index contributed by atoms with van der Waals surface area (Å²) in [6, 6.07) is 19.0. The first-order valence-corrected chi connectivity index (χ1v) is 15.8. The van der Waals surface area contributed by atoms with E-state index in [0.29, 0.717) is 56.8 Å². The van der Waals surface area contributed by atoms with Gasteiger partial charge in [0.2, 0.25) is 23.6 Å². The average Bonchev–Trinajstić information content (AvgIpc) is 3.49. The van der Waals surface area contributed by atoms with Gasteiger partial charge in [-0.05, 0) is 79.3 Å². The number of benzene rings is 2. The molecule has 242 valence electrons. The number of likely N-dealkylation sites (tertiary alicyclic amines) is 1. The smallest absolute Gasteiger partial charge is 0.244 e. The minimum atomic E-state index is -0.720. The van der Waals surface area contributed by atoms with Gasteiger partial charge in [0.25, 0.3) is 0 Å². The lowest BCUT2D eigenvalue weighted by Gasteiger charge is -2.41. The highest BCUT2D eigenvalue weighted by Crippen LogP contribution is 2.34. The van der Waals surface area contributed by atoms with Crippen LogP contribution >= 0.6 is 0 Å². The molecule has 5 N–H and O–H groups in total. The predicted octanol–water partition coefficient (Wildman–Crippen LogP) is 2.71. The van der Waals surface area contributed by atoms with Gasteiger partial charge in [0, 0.05) is 49.4 Å². The zero-order valence-electron chi connectivity index (χ0n) is 26.6. The molecule has 2 heterocycles. The molecule has 46 heavy (non-hydrogen) atoms. The fourth-order valence-corrected chi connectivity index (χ4v) is 6.37. The minimum absolute atomic E-state index is 0.0546. The van der Waals surface area contributed by atoms with Gasteiger partial charge in [-0.3, -0.25) is 19.2 Å². The van der Waals surface area contributed by atoms with E-state index in [2.05, 4.69) is 20.9 Å². The highest BCUT2D eigenvalue weighted by Gasteiger charge is 2.41. The maximum atomic E-state index is 14.2. The second-order valence-corrected chi connectivity index (χ2v) is 12.4. The molecular formula is C35H43N7O4. The number of amides is 4. The molecule has 0 saturated carbocycles. The van der Waals surface area contributed by atoms with E-state index >= 15 is 0 Å². The number of carbonyl (C=O) groups is 4. The van der Waals surface area contributed by atoms with Crippen molar-refractivity contribution in [3.63, 3.8) is 0 Å². The molecule has 5 rings (SSSR count). The Labute approximate surface area is 269 Å². The summed E-state index contributed by atoms with van der Waals surface area (Å²) in [7, 11) is 1.87. The van der Waals surface area contributed by atoms with Crippen LogP contribution in [0.1, 0.15) is 42.0 Å². The third-order valence-electron chi connectivity index (χ3n) is 9.09. The summed E-state index contributed by atoms with van der Waals surface area (Å²) in [5.41, 5.74) is 9.57. The fourth-order valence-electron chi connectivity index (χ4n) is 6.37. The highest BCUT2D eigenvalue weighted by molar-refractivity contribution is 5.96. The molecule has 4 amide bonds. The van der Waals surface area contributed by atoms with Gasteiger partial charge in [-0.25, -0.2) is 4.98 Å². The van der Waals surface area contributed by atoms with Crippen molar-refractivity contribution in [2.24, 2.45) is 17.1 Å². The van der Waals surface area contributed by atoms with Gasteiger partial charge in [0.1, 0.15) is 12.4 Å². The van der Waals surface area contributed by atoms with Crippen LogP contribution in [0.15, 0.2) is 66.9 Å². The molecule has 0 radical (unpaired) electrons. The van der Waals surface area contributed by atoms with Crippen molar-refractivity contribution in [3.8, 4) is 0 Å². The van der Waals surface area contributed by atoms with Crippen molar-refractivity contribution in [2.45, 2.75) is 45.7 Å². The topological polar surface area (TPSA) is 150 Å². The molecule has 0 spiro atoms. The van der Waals surface area contributed by atoms with Crippen LogP contribution in [0.2, 0.25) is 0 Å². The SMILES string of the molecule is CNCc1ccccc1CN(CC(=O)Nc1ccc2c(c1)C[C@H](C(=O)Nc1ccccn1)C2)C(=O)C1(C)CCN(C(=O)CN)CC1. The number of aromatic nitrogens is 1. The second kappa shape index (κ2) is 14.7. The Balaban J connectivity index is 1.27. The second-order valence-electron chi connectivity index (χ2n) is 12.4. The number of fused-ring (bicyclic) bond motifs is 1. The number of hydrogen-bond donors (Lipinski definition) is 4. The Kier molecular flexibility index (Phi) is 10.4. The van der Waals surface area contributed by atoms with Crippen LogP contribution in [0.4, 0.5) is 11.5 Å². The number of nitrogens with two attached hydrogens (primary N) is 1. The molecule has 1 fully saturated rings. The zero-order chi connectivity index (χ0) is 32.7. The number of pyridine rings is 1. The monoisotopic (exact) mass is 625 g/mol. The summed E-state index contributed by atoms with van der Waals surface area (Å²) >= 11 is 0.